The van der Waals surface area contributed by atoms with Crippen LogP contribution in [0.5, 0.6) is 0 Å². The van der Waals surface area contributed by atoms with E-state index in [1.807, 2.05) is 24.3 Å². The van der Waals surface area contributed by atoms with Gasteiger partial charge in [0, 0.05) is 11.8 Å². The zero-order valence-corrected chi connectivity index (χ0v) is 19.1. The fraction of sp³-hybridized carbons (Fsp3) is 0.692. The standard InChI is InChI=1S/C26H38O3/c1-24(2,3)17-19(12-14-27)15-18-7-9-20(10-8-18)23(28)29-22-16-21-11-13-26(22,6)25(21,4)5/h7-10,14,19,21-22H,11-13,15-17H2,1-6H3. The minimum atomic E-state index is -0.203. The summed E-state index contributed by atoms with van der Waals surface area (Å²) in [6, 6.07) is 7.80. The first-order chi connectivity index (χ1) is 13.5. The fourth-order valence-corrected chi connectivity index (χ4v) is 5.86. The number of ether oxygens (including phenoxy) is 1. The summed E-state index contributed by atoms with van der Waals surface area (Å²) in [6.45, 7) is 13.6. The molecule has 2 aliphatic carbocycles. The molecule has 0 N–H and O–H groups in total. The Labute approximate surface area is 176 Å². The van der Waals surface area contributed by atoms with Crippen LogP contribution in [0.4, 0.5) is 0 Å². The van der Waals surface area contributed by atoms with Crippen molar-refractivity contribution in [1.82, 2.24) is 0 Å². The van der Waals surface area contributed by atoms with Gasteiger partial charge in [0.25, 0.3) is 0 Å². The molecular formula is C26H38O3. The molecule has 1 aromatic rings. The van der Waals surface area contributed by atoms with E-state index in [9.17, 15) is 9.59 Å². The van der Waals surface area contributed by atoms with Crippen molar-refractivity contribution in [3.63, 3.8) is 0 Å². The number of rotatable bonds is 7. The van der Waals surface area contributed by atoms with Crippen molar-refractivity contribution in [2.45, 2.75) is 86.2 Å². The van der Waals surface area contributed by atoms with Gasteiger partial charge in [-0.2, -0.15) is 0 Å². The van der Waals surface area contributed by atoms with Gasteiger partial charge in [0.2, 0.25) is 0 Å². The Balaban J connectivity index is 1.63. The summed E-state index contributed by atoms with van der Waals surface area (Å²) in [5, 5.41) is 0. The van der Waals surface area contributed by atoms with Gasteiger partial charge < -0.3 is 9.53 Å². The van der Waals surface area contributed by atoms with Crippen molar-refractivity contribution < 1.29 is 14.3 Å². The maximum atomic E-state index is 12.8. The Morgan fingerprint density at radius 3 is 2.34 bits per heavy atom. The Hall–Kier alpha value is -1.64. The number of benzene rings is 1. The maximum absolute atomic E-state index is 12.8. The van der Waals surface area contributed by atoms with E-state index < -0.39 is 0 Å². The van der Waals surface area contributed by atoms with E-state index in [1.54, 1.807) is 0 Å². The summed E-state index contributed by atoms with van der Waals surface area (Å²) in [6.07, 6.45) is 6.89. The lowest BCUT2D eigenvalue weighted by atomic mass is 9.70. The summed E-state index contributed by atoms with van der Waals surface area (Å²) >= 11 is 0. The predicted molar refractivity (Wildman–Crippen MR) is 117 cm³/mol. The summed E-state index contributed by atoms with van der Waals surface area (Å²) in [5.74, 6) is 0.789. The monoisotopic (exact) mass is 398 g/mol. The van der Waals surface area contributed by atoms with Crippen LogP contribution in [0.2, 0.25) is 0 Å². The second-order valence-corrected chi connectivity index (χ2v) is 11.4. The van der Waals surface area contributed by atoms with Crippen molar-refractivity contribution in [2.75, 3.05) is 0 Å². The second kappa shape index (κ2) is 7.89. The van der Waals surface area contributed by atoms with Gasteiger partial charge in [-0.05, 0) is 72.5 Å². The molecule has 0 radical (unpaired) electrons. The van der Waals surface area contributed by atoms with Gasteiger partial charge in [0.05, 0.1) is 5.56 Å². The highest BCUT2D eigenvalue weighted by Crippen LogP contribution is 2.66. The molecule has 0 amide bonds. The third-order valence-electron chi connectivity index (χ3n) is 8.01. The van der Waals surface area contributed by atoms with Crippen LogP contribution in [0.1, 0.15) is 89.6 Å². The zero-order chi connectivity index (χ0) is 21.4. The molecule has 2 fully saturated rings. The lowest BCUT2D eigenvalue weighted by Gasteiger charge is -2.38. The molecule has 2 bridgehead atoms. The van der Waals surface area contributed by atoms with Gasteiger partial charge in [0.1, 0.15) is 12.4 Å². The minimum absolute atomic E-state index is 0.0205. The topological polar surface area (TPSA) is 43.4 Å². The van der Waals surface area contributed by atoms with Crippen LogP contribution in [0.3, 0.4) is 0 Å². The molecule has 4 unspecified atom stereocenters. The molecule has 0 aliphatic heterocycles. The molecule has 0 heterocycles. The van der Waals surface area contributed by atoms with Crippen LogP contribution >= 0.6 is 0 Å². The van der Waals surface area contributed by atoms with E-state index in [4.69, 9.17) is 4.74 Å². The quantitative estimate of drug-likeness (QED) is 0.403. The number of hydrogen-bond acceptors (Lipinski definition) is 3. The molecule has 2 saturated carbocycles. The van der Waals surface area contributed by atoms with Crippen LogP contribution in [0.15, 0.2) is 24.3 Å². The third kappa shape index (κ3) is 4.44. The summed E-state index contributed by atoms with van der Waals surface area (Å²) in [5.41, 5.74) is 2.32. The van der Waals surface area contributed by atoms with E-state index in [2.05, 4.69) is 41.5 Å². The van der Waals surface area contributed by atoms with Crippen LogP contribution in [-0.4, -0.2) is 18.4 Å². The Morgan fingerprint density at radius 1 is 1.21 bits per heavy atom. The number of hydrogen-bond donors (Lipinski definition) is 0. The number of esters is 1. The molecule has 2 aliphatic rings. The lowest BCUT2D eigenvalue weighted by molar-refractivity contribution is -0.108. The van der Waals surface area contributed by atoms with Crippen LogP contribution in [0.25, 0.3) is 0 Å². The number of fused-ring (bicyclic) bond motifs is 2. The molecular weight excluding hydrogens is 360 g/mol. The summed E-state index contributed by atoms with van der Waals surface area (Å²) in [7, 11) is 0. The molecule has 160 valence electrons. The van der Waals surface area contributed by atoms with Crippen LogP contribution < -0.4 is 0 Å². The smallest absolute Gasteiger partial charge is 0.338 e. The van der Waals surface area contributed by atoms with Gasteiger partial charge in [-0.3, -0.25) is 0 Å². The van der Waals surface area contributed by atoms with E-state index in [0.29, 0.717) is 23.8 Å². The highest BCUT2D eigenvalue weighted by Gasteiger charge is 2.62. The Morgan fingerprint density at radius 2 is 1.86 bits per heavy atom. The van der Waals surface area contributed by atoms with Crippen molar-refractivity contribution >= 4 is 12.3 Å². The fourth-order valence-electron chi connectivity index (χ4n) is 5.86. The van der Waals surface area contributed by atoms with E-state index in [-0.39, 0.29) is 28.3 Å². The first-order valence-corrected chi connectivity index (χ1v) is 11.2. The van der Waals surface area contributed by atoms with Crippen molar-refractivity contribution in [1.29, 1.82) is 0 Å². The van der Waals surface area contributed by atoms with Gasteiger partial charge in [0.15, 0.2) is 0 Å². The average molecular weight is 399 g/mol. The van der Waals surface area contributed by atoms with Crippen molar-refractivity contribution in [3.8, 4) is 0 Å². The van der Waals surface area contributed by atoms with Gasteiger partial charge >= 0.3 is 5.97 Å². The van der Waals surface area contributed by atoms with Crippen LogP contribution in [-0.2, 0) is 16.0 Å². The molecule has 0 spiro atoms. The molecule has 3 heteroatoms. The molecule has 4 atom stereocenters. The van der Waals surface area contributed by atoms with Gasteiger partial charge in [-0.15, -0.1) is 0 Å². The molecule has 29 heavy (non-hydrogen) atoms. The minimum Gasteiger partial charge on any atom is -0.458 e. The Kier molecular flexibility index (Phi) is 6.00. The van der Waals surface area contributed by atoms with Gasteiger partial charge in [-0.25, -0.2) is 4.79 Å². The zero-order valence-electron chi connectivity index (χ0n) is 19.1. The van der Waals surface area contributed by atoms with Gasteiger partial charge in [-0.1, -0.05) is 53.7 Å². The molecule has 3 nitrogen and oxygen atoms in total. The summed E-state index contributed by atoms with van der Waals surface area (Å²) < 4.78 is 6.01. The molecule has 0 aromatic heterocycles. The molecule has 1 aromatic carbocycles. The highest BCUT2D eigenvalue weighted by molar-refractivity contribution is 5.89. The number of carbonyl (C=O) groups is 2. The first-order valence-electron chi connectivity index (χ1n) is 11.2. The second-order valence-electron chi connectivity index (χ2n) is 11.4. The SMILES string of the molecule is CC(C)(C)CC(CC=O)Cc1ccc(C(=O)OC2CC3CCC2(C)C3(C)C)cc1. The summed E-state index contributed by atoms with van der Waals surface area (Å²) in [4.78, 5) is 23.8. The third-order valence-corrected chi connectivity index (χ3v) is 8.01. The maximum Gasteiger partial charge on any atom is 0.338 e. The lowest BCUT2D eigenvalue weighted by Crippen LogP contribution is -2.38. The van der Waals surface area contributed by atoms with E-state index in [1.165, 1.54) is 12.0 Å². The number of carbonyl (C=O) groups excluding carboxylic acids is 2. The molecule has 0 saturated heterocycles. The highest BCUT2D eigenvalue weighted by atomic mass is 16.5. The normalized spacial score (nSPS) is 28.9. The van der Waals surface area contributed by atoms with Crippen molar-refractivity contribution in [2.24, 2.45) is 28.1 Å². The molecule has 3 rings (SSSR count). The van der Waals surface area contributed by atoms with E-state index in [0.717, 1.165) is 32.0 Å². The van der Waals surface area contributed by atoms with E-state index >= 15 is 0 Å². The largest absolute Gasteiger partial charge is 0.458 e. The number of aldehydes is 1. The first kappa shape index (κ1) is 22.1. The predicted octanol–water partition coefficient (Wildman–Crippen LogP) is 6.24. The van der Waals surface area contributed by atoms with Crippen LogP contribution in [0, 0.1) is 28.1 Å². The van der Waals surface area contributed by atoms with Crippen molar-refractivity contribution in [3.05, 3.63) is 35.4 Å². The Bertz CT molecular complexity index is 740. The average Bonchev–Trinajstić information content (AvgIpc) is 2.94.